The van der Waals surface area contributed by atoms with Gasteiger partial charge in [-0.3, -0.25) is 0 Å². The smallest absolute Gasteiger partial charge is 0.0320 e. The zero-order valence-corrected chi connectivity index (χ0v) is 14.0. The highest BCUT2D eigenvalue weighted by atomic mass is 14.9. The first kappa shape index (κ1) is 16.5. The molecule has 1 fully saturated rings. The summed E-state index contributed by atoms with van der Waals surface area (Å²) in [5.74, 6) is 1.91. The number of benzene rings is 1. The van der Waals surface area contributed by atoms with Crippen molar-refractivity contribution in [3.63, 3.8) is 0 Å². The Morgan fingerprint density at radius 1 is 1.19 bits per heavy atom. The first-order valence-electron chi connectivity index (χ1n) is 9.08. The number of nitrogens with one attached hydrogen (secondary N) is 1. The monoisotopic (exact) mass is 287 g/mol. The molecule has 118 valence electrons. The van der Waals surface area contributed by atoms with Crippen molar-refractivity contribution < 1.29 is 0 Å². The van der Waals surface area contributed by atoms with Crippen LogP contribution in [0.25, 0.3) is 0 Å². The largest absolute Gasteiger partial charge is 0.310 e. The molecule has 21 heavy (non-hydrogen) atoms. The lowest BCUT2D eigenvalue weighted by molar-refractivity contribution is 0.264. The van der Waals surface area contributed by atoms with E-state index in [1.165, 1.54) is 63.5 Å². The molecule has 0 bridgehead atoms. The van der Waals surface area contributed by atoms with Gasteiger partial charge >= 0.3 is 0 Å². The van der Waals surface area contributed by atoms with Crippen molar-refractivity contribution in [2.24, 2.45) is 11.8 Å². The van der Waals surface area contributed by atoms with Crippen molar-refractivity contribution in [2.45, 2.75) is 71.3 Å². The van der Waals surface area contributed by atoms with E-state index in [1.54, 1.807) is 0 Å². The maximum absolute atomic E-state index is 3.83. The van der Waals surface area contributed by atoms with Gasteiger partial charge in [0.1, 0.15) is 0 Å². The van der Waals surface area contributed by atoms with Gasteiger partial charge in [-0.2, -0.15) is 0 Å². The molecule has 0 spiro atoms. The van der Waals surface area contributed by atoms with Crippen LogP contribution in [0.2, 0.25) is 0 Å². The molecule has 1 aromatic carbocycles. The molecule has 0 saturated heterocycles. The Kier molecular flexibility index (Phi) is 7.29. The van der Waals surface area contributed by atoms with Crippen molar-refractivity contribution >= 4 is 0 Å². The van der Waals surface area contributed by atoms with Crippen LogP contribution in [0.3, 0.4) is 0 Å². The summed E-state index contributed by atoms with van der Waals surface area (Å²) >= 11 is 0. The predicted molar refractivity (Wildman–Crippen MR) is 92.4 cm³/mol. The molecule has 1 aliphatic carbocycles. The average molecular weight is 287 g/mol. The van der Waals surface area contributed by atoms with Crippen LogP contribution >= 0.6 is 0 Å². The molecule has 1 nitrogen and oxygen atoms in total. The number of hydrogen-bond acceptors (Lipinski definition) is 1. The highest BCUT2D eigenvalue weighted by Crippen LogP contribution is 2.30. The molecule has 1 saturated carbocycles. The van der Waals surface area contributed by atoms with Crippen molar-refractivity contribution in [1.82, 2.24) is 5.32 Å². The van der Waals surface area contributed by atoms with Gasteiger partial charge in [0.25, 0.3) is 0 Å². The van der Waals surface area contributed by atoms with Gasteiger partial charge in [-0.05, 0) is 43.2 Å². The third-order valence-corrected chi connectivity index (χ3v) is 5.04. The van der Waals surface area contributed by atoms with Gasteiger partial charge in [-0.25, -0.2) is 0 Å². The van der Waals surface area contributed by atoms with Crippen molar-refractivity contribution in [2.75, 3.05) is 6.54 Å². The summed E-state index contributed by atoms with van der Waals surface area (Å²) in [6, 6.07) is 11.5. The van der Waals surface area contributed by atoms with E-state index in [4.69, 9.17) is 0 Å². The molecular weight excluding hydrogens is 254 g/mol. The zero-order valence-electron chi connectivity index (χ0n) is 14.0. The van der Waals surface area contributed by atoms with Gasteiger partial charge in [0.05, 0.1) is 0 Å². The Labute approximate surface area is 131 Å². The van der Waals surface area contributed by atoms with Crippen LogP contribution in [0.4, 0.5) is 0 Å². The summed E-state index contributed by atoms with van der Waals surface area (Å²) in [6.45, 7) is 5.89. The molecule has 0 aromatic heterocycles. The minimum absolute atomic E-state index is 0.548. The fraction of sp³-hybridized carbons (Fsp3) is 0.700. The Hall–Kier alpha value is -0.820. The second-order valence-corrected chi connectivity index (χ2v) is 6.99. The Bertz CT molecular complexity index is 373. The molecule has 1 aromatic rings. The van der Waals surface area contributed by atoms with Gasteiger partial charge in [-0.15, -0.1) is 0 Å². The summed E-state index contributed by atoms with van der Waals surface area (Å²) < 4.78 is 0. The number of hydrogen-bond donors (Lipinski definition) is 1. The van der Waals surface area contributed by atoms with E-state index in [9.17, 15) is 0 Å². The van der Waals surface area contributed by atoms with Gasteiger partial charge in [-0.1, -0.05) is 76.3 Å². The van der Waals surface area contributed by atoms with E-state index < -0.39 is 0 Å². The zero-order chi connectivity index (χ0) is 14.9. The quantitative estimate of drug-likeness (QED) is 0.644. The molecule has 0 amide bonds. The number of unbranched alkanes of at least 4 members (excludes halogenated alkanes) is 1. The topological polar surface area (TPSA) is 12.0 Å². The third-order valence-electron chi connectivity index (χ3n) is 5.04. The summed E-state index contributed by atoms with van der Waals surface area (Å²) in [5, 5.41) is 3.83. The molecule has 2 rings (SSSR count). The molecule has 3 unspecified atom stereocenters. The van der Waals surface area contributed by atoms with E-state index >= 15 is 0 Å². The molecular formula is C20H33N. The maximum Gasteiger partial charge on any atom is 0.0320 e. The van der Waals surface area contributed by atoms with Gasteiger partial charge < -0.3 is 5.32 Å². The molecule has 1 heteroatoms. The first-order valence-corrected chi connectivity index (χ1v) is 9.08. The second-order valence-electron chi connectivity index (χ2n) is 6.99. The molecule has 1 N–H and O–H groups in total. The van der Waals surface area contributed by atoms with Gasteiger partial charge in [0, 0.05) is 6.04 Å². The van der Waals surface area contributed by atoms with Crippen LogP contribution in [0.15, 0.2) is 30.3 Å². The standard InChI is InChI=1S/C20H33N/c1-3-4-13-20(19-11-6-5-7-12-19)21-15-14-18-10-8-9-17(2)16-18/h5-7,11-12,17-18,20-21H,3-4,8-10,13-16H2,1-2H3. The molecule has 0 radical (unpaired) electrons. The average Bonchev–Trinajstić information content (AvgIpc) is 2.51. The van der Waals surface area contributed by atoms with Crippen LogP contribution < -0.4 is 5.32 Å². The molecule has 3 atom stereocenters. The lowest BCUT2D eigenvalue weighted by Crippen LogP contribution is -2.25. The SMILES string of the molecule is CCCCC(NCCC1CCCC(C)C1)c1ccccc1. The predicted octanol–water partition coefficient (Wildman–Crippen LogP) is 5.72. The second kappa shape index (κ2) is 9.25. The van der Waals surface area contributed by atoms with Gasteiger partial charge in [0.15, 0.2) is 0 Å². The minimum atomic E-state index is 0.548. The van der Waals surface area contributed by atoms with Crippen LogP contribution in [0.1, 0.15) is 76.8 Å². The molecule has 1 aliphatic rings. The highest BCUT2D eigenvalue weighted by molar-refractivity contribution is 5.18. The van der Waals surface area contributed by atoms with E-state index in [-0.39, 0.29) is 0 Å². The maximum atomic E-state index is 3.83. The Morgan fingerprint density at radius 3 is 2.71 bits per heavy atom. The first-order chi connectivity index (χ1) is 10.3. The minimum Gasteiger partial charge on any atom is -0.310 e. The van der Waals surface area contributed by atoms with Gasteiger partial charge in [0.2, 0.25) is 0 Å². The summed E-state index contributed by atoms with van der Waals surface area (Å²) in [6.07, 6.45) is 11.0. The van der Waals surface area contributed by atoms with E-state index in [0.29, 0.717) is 6.04 Å². The van der Waals surface area contributed by atoms with Crippen molar-refractivity contribution in [1.29, 1.82) is 0 Å². The van der Waals surface area contributed by atoms with E-state index in [2.05, 4.69) is 49.5 Å². The Morgan fingerprint density at radius 2 is 2.00 bits per heavy atom. The van der Waals surface area contributed by atoms with Crippen LogP contribution in [-0.2, 0) is 0 Å². The Balaban J connectivity index is 1.79. The summed E-state index contributed by atoms with van der Waals surface area (Å²) in [5.41, 5.74) is 1.46. The van der Waals surface area contributed by atoms with Crippen LogP contribution in [-0.4, -0.2) is 6.54 Å². The van der Waals surface area contributed by atoms with Crippen molar-refractivity contribution in [3.8, 4) is 0 Å². The highest BCUT2D eigenvalue weighted by Gasteiger charge is 2.19. The van der Waals surface area contributed by atoms with E-state index in [1.807, 2.05) is 0 Å². The summed E-state index contributed by atoms with van der Waals surface area (Å²) in [4.78, 5) is 0. The lowest BCUT2D eigenvalue weighted by Gasteiger charge is -2.27. The van der Waals surface area contributed by atoms with Crippen LogP contribution in [0, 0.1) is 11.8 Å². The van der Waals surface area contributed by atoms with E-state index in [0.717, 1.165) is 11.8 Å². The normalized spacial score (nSPS) is 23.9. The van der Waals surface area contributed by atoms with Crippen LogP contribution in [0.5, 0.6) is 0 Å². The third kappa shape index (κ3) is 5.82. The number of rotatable bonds is 8. The fourth-order valence-corrected chi connectivity index (χ4v) is 3.76. The van der Waals surface area contributed by atoms with Crippen molar-refractivity contribution in [3.05, 3.63) is 35.9 Å². The lowest BCUT2D eigenvalue weighted by atomic mass is 9.81. The molecule has 0 heterocycles. The molecule has 0 aliphatic heterocycles. The summed E-state index contributed by atoms with van der Waals surface area (Å²) in [7, 11) is 0. The fourth-order valence-electron chi connectivity index (χ4n) is 3.76.